The summed E-state index contributed by atoms with van der Waals surface area (Å²) in [6, 6.07) is 42.4. The molecule has 0 aliphatic heterocycles. The zero-order chi connectivity index (χ0) is 26.1. The predicted octanol–water partition coefficient (Wildman–Crippen LogP) is 9.89. The van der Waals surface area contributed by atoms with Crippen molar-refractivity contribution in [1.82, 2.24) is 0 Å². The monoisotopic (exact) mass is 497 g/mol. The molecular weight excluding hydrogens is 472 g/mol. The molecule has 0 atom stereocenters. The Bertz CT molecular complexity index is 1760. The highest BCUT2D eigenvalue weighted by Gasteiger charge is 2.22. The van der Waals surface area contributed by atoms with E-state index in [1.165, 1.54) is 17.5 Å². The molecule has 0 fully saturated rings. The van der Waals surface area contributed by atoms with Gasteiger partial charge in [0.1, 0.15) is 11.6 Å². The summed E-state index contributed by atoms with van der Waals surface area (Å²) in [5.41, 5.74) is 6.14. The Kier molecular flexibility index (Phi) is 6.19. The molecule has 6 aromatic carbocycles. The predicted molar refractivity (Wildman–Crippen MR) is 155 cm³/mol. The van der Waals surface area contributed by atoms with Gasteiger partial charge in [0.2, 0.25) is 0 Å². The van der Waals surface area contributed by atoms with Crippen LogP contribution in [0, 0.1) is 11.6 Å². The molecule has 0 heterocycles. The number of halogens is 2. The van der Waals surface area contributed by atoms with Crippen LogP contribution in [0.25, 0.3) is 44.2 Å². The third kappa shape index (κ3) is 4.33. The SMILES string of the molecule is CN(c1ccccc1F)c1c(F)ccc(-c2ccccc2)c1-c1cccc(-c2ccc3ccccc3c2)c1. The van der Waals surface area contributed by atoms with E-state index >= 15 is 4.39 Å². The van der Waals surface area contributed by atoms with Crippen LogP contribution < -0.4 is 4.90 Å². The molecule has 6 rings (SSSR count). The van der Waals surface area contributed by atoms with Gasteiger partial charge in [-0.05, 0) is 68.9 Å². The first-order valence-electron chi connectivity index (χ1n) is 12.6. The molecule has 0 spiro atoms. The van der Waals surface area contributed by atoms with Crippen LogP contribution in [0.15, 0.2) is 133 Å². The molecule has 6 aromatic rings. The maximum absolute atomic E-state index is 15.7. The Morgan fingerprint density at radius 1 is 0.474 bits per heavy atom. The molecule has 0 saturated heterocycles. The highest BCUT2D eigenvalue weighted by molar-refractivity contribution is 5.96. The van der Waals surface area contributed by atoms with Crippen LogP contribution in [-0.4, -0.2) is 7.05 Å². The third-order valence-corrected chi connectivity index (χ3v) is 7.00. The minimum Gasteiger partial charge on any atom is -0.339 e. The lowest BCUT2D eigenvalue weighted by atomic mass is 9.90. The van der Waals surface area contributed by atoms with Crippen molar-refractivity contribution in [2.45, 2.75) is 0 Å². The van der Waals surface area contributed by atoms with Gasteiger partial charge in [-0.1, -0.05) is 103 Å². The van der Waals surface area contributed by atoms with Gasteiger partial charge in [-0.15, -0.1) is 0 Å². The lowest BCUT2D eigenvalue weighted by molar-refractivity contribution is 0.618. The lowest BCUT2D eigenvalue weighted by Gasteiger charge is -2.26. The number of nitrogens with zero attached hydrogens (tertiary/aromatic N) is 1. The van der Waals surface area contributed by atoms with E-state index in [0.717, 1.165) is 33.2 Å². The molecule has 0 bridgehead atoms. The molecule has 0 amide bonds. The quantitative estimate of drug-likeness (QED) is 0.229. The number of benzene rings is 6. The summed E-state index contributed by atoms with van der Waals surface area (Å²) < 4.78 is 30.6. The molecule has 0 unspecified atom stereocenters. The van der Waals surface area contributed by atoms with Crippen molar-refractivity contribution in [2.24, 2.45) is 0 Å². The van der Waals surface area contributed by atoms with Crippen LogP contribution in [0.5, 0.6) is 0 Å². The second-order valence-electron chi connectivity index (χ2n) is 9.34. The molecular formula is C35H25F2N. The Morgan fingerprint density at radius 2 is 1.13 bits per heavy atom. The fourth-order valence-electron chi connectivity index (χ4n) is 5.11. The first-order valence-corrected chi connectivity index (χ1v) is 12.6. The summed E-state index contributed by atoms with van der Waals surface area (Å²) in [5.74, 6) is -0.822. The van der Waals surface area contributed by atoms with Crippen LogP contribution >= 0.6 is 0 Å². The smallest absolute Gasteiger partial charge is 0.147 e. The summed E-state index contributed by atoms with van der Waals surface area (Å²) in [6.07, 6.45) is 0. The second kappa shape index (κ2) is 9.95. The molecule has 1 nitrogen and oxygen atoms in total. The maximum atomic E-state index is 15.7. The highest BCUT2D eigenvalue weighted by atomic mass is 19.1. The molecule has 0 aliphatic rings. The van der Waals surface area contributed by atoms with Gasteiger partial charge in [-0.2, -0.15) is 0 Å². The van der Waals surface area contributed by atoms with Crippen molar-refractivity contribution in [3.8, 4) is 33.4 Å². The number of para-hydroxylation sites is 1. The average molecular weight is 498 g/mol. The number of hydrogen-bond acceptors (Lipinski definition) is 1. The highest BCUT2D eigenvalue weighted by Crippen LogP contribution is 2.44. The van der Waals surface area contributed by atoms with Crippen molar-refractivity contribution in [1.29, 1.82) is 0 Å². The Hall–Kier alpha value is -4.76. The first kappa shape index (κ1) is 23.6. The van der Waals surface area contributed by atoms with Gasteiger partial charge in [-0.3, -0.25) is 0 Å². The molecule has 0 aromatic heterocycles. The number of anilines is 2. The summed E-state index contributed by atoms with van der Waals surface area (Å²) in [7, 11) is 1.71. The average Bonchev–Trinajstić information content (AvgIpc) is 2.97. The van der Waals surface area contributed by atoms with E-state index in [-0.39, 0.29) is 0 Å². The fourth-order valence-corrected chi connectivity index (χ4v) is 5.11. The molecule has 184 valence electrons. The molecule has 0 radical (unpaired) electrons. The second-order valence-corrected chi connectivity index (χ2v) is 9.34. The molecule has 0 N–H and O–H groups in total. The molecule has 38 heavy (non-hydrogen) atoms. The van der Waals surface area contributed by atoms with Crippen molar-refractivity contribution in [3.05, 3.63) is 145 Å². The van der Waals surface area contributed by atoms with E-state index in [2.05, 4.69) is 42.5 Å². The summed E-state index contributed by atoms with van der Waals surface area (Å²) in [4.78, 5) is 1.61. The van der Waals surface area contributed by atoms with Crippen molar-refractivity contribution >= 4 is 22.1 Å². The van der Waals surface area contributed by atoms with Crippen LogP contribution in [0.1, 0.15) is 0 Å². The minimum atomic E-state index is -0.415. The van der Waals surface area contributed by atoms with Gasteiger partial charge in [0.15, 0.2) is 0 Å². The van der Waals surface area contributed by atoms with Gasteiger partial charge >= 0.3 is 0 Å². The number of hydrogen-bond donors (Lipinski definition) is 0. The first-order chi connectivity index (χ1) is 18.6. The maximum Gasteiger partial charge on any atom is 0.147 e. The van der Waals surface area contributed by atoms with Gasteiger partial charge < -0.3 is 4.90 Å². The largest absolute Gasteiger partial charge is 0.339 e. The minimum absolute atomic E-state index is 0.309. The van der Waals surface area contributed by atoms with E-state index < -0.39 is 11.6 Å². The fraction of sp³-hybridized carbons (Fsp3) is 0.0286. The van der Waals surface area contributed by atoms with Crippen molar-refractivity contribution in [2.75, 3.05) is 11.9 Å². The Labute approximate surface area is 221 Å². The zero-order valence-corrected chi connectivity index (χ0v) is 20.9. The zero-order valence-electron chi connectivity index (χ0n) is 20.9. The van der Waals surface area contributed by atoms with Gasteiger partial charge in [0, 0.05) is 12.6 Å². The van der Waals surface area contributed by atoms with Crippen LogP contribution in [-0.2, 0) is 0 Å². The molecule has 3 heteroatoms. The van der Waals surface area contributed by atoms with Gasteiger partial charge in [-0.25, -0.2) is 8.78 Å². The Morgan fingerprint density at radius 3 is 1.95 bits per heavy atom. The van der Waals surface area contributed by atoms with Crippen LogP contribution in [0.4, 0.5) is 20.2 Å². The summed E-state index contributed by atoms with van der Waals surface area (Å²) in [5, 5.41) is 2.34. The van der Waals surface area contributed by atoms with E-state index in [4.69, 9.17) is 0 Å². The molecule has 0 saturated carbocycles. The number of rotatable bonds is 5. The summed E-state index contributed by atoms with van der Waals surface area (Å²) in [6.45, 7) is 0. The van der Waals surface area contributed by atoms with Crippen LogP contribution in [0.3, 0.4) is 0 Å². The van der Waals surface area contributed by atoms with E-state index in [9.17, 15) is 4.39 Å². The number of fused-ring (bicyclic) bond motifs is 1. The van der Waals surface area contributed by atoms with Crippen LogP contribution in [0.2, 0.25) is 0 Å². The molecule has 0 aliphatic carbocycles. The summed E-state index contributed by atoms with van der Waals surface area (Å²) >= 11 is 0. The van der Waals surface area contributed by atoms with E-state index in [1.807, 2.05) is 54.6 Å². The third-order valence-electron chi connectivity index (χ3n) is 7.00. The van der Waals surface area contributed by atoms with E-state index in [0.29, 0.717) is 16.9 Å². The standard InChI is InChI=1S/C35H25F2N/c1-38(33-17-8-7-16-31(33)36)35-32(37)21-20-30(25-11-3-2-4-12-25)34(35)29-15-9-14-27(23-29)28-19-18-24-10-5-6-13-26(24)22-28/h2-23H,1H3. The van der Waals surface area contributed by atoms with E-state index in [1.54, 1.807) is 36.2 Å². The topological polar surface area (TPSA) is 3.24 Å². The van der Waals surface area contributed by atoms with Crippen molar-refractivity contribution < 1.29 is 8.78 Å². The van der Waals surface area contributed by atoms with Crippen molar-refractivity contribution in [3.63, 3.8) is 0 Å². The lowest BCUT2D eigenvalue weighted by Crippen LogP contribution is -2.14. The van der Waals surface area contributed by atoms with Gasteiger partial charge in [0.25, 0.3) is 0 Å². The van der Waals surface area contributed by atoms with Gasteiger partial charge in [0.05, 0.1) is 11.4 Å². The Balaban J connectivity index is 1.58. The normalized spacial score (nSPS) is 11.0.